The molecule has 0 fully saturated rings. The van der Waals surface area contributed by atoms with Gasteiger partial charge in [0.1, 0.15) is 11.5 Å². The van der Waals surface area contributed by atoms with Crippen LogP contribution in [-0.4, -0.2) is 54.3 Å². The Morgan fingerprint density at radius 1 is 1.00 bits per heavy atom. The predicted octanol–water partition coefficient (Wildman–Crippen LogP) is 5.11. The lowest BCUT2D eigenvalue weighted by molar-refractivity contribution is -0.118. The number of hydrogen-bond donors (Lipinski definition) is 2. The van der Waals surface area contributed by atoms with Gasteiger partial charge in [-0.3, -0.25) is 18.9 Å². The highest BCUT2D eigenvalue weighted by Gasteiger charge is 2.22. The van der Waals surface area contributed by atoms with E-state index in [0.717, 1.165) is 5.56 Å². The Morgan fingerprint density at radius 3 is 2.58 bits per heavy atom. The van der Waals surface area contributed by atoms with Gasteiger partial charge in [0, 0.05) is 16.8 Å². The Balaban J connectivity index is 1.27. The zero-order valence-electron chi connectivity index (χ0n) is 24.0. The number of carbonyl (C=O) groups excluding carboxylic acids is 2. The second kappa shape index (κ2) is 12.8. The number of fused-ring (bicyclic) bond motifs is 1. The third-order valence-corrected chi connectivity index (χ3v) is 9.26. The second-order valence-corrected chi connectivity index (χ2v) is 12.6. The molecule has 0 atom stereocenters. The summed E-state index contributed by atoms with van der Waals surface area (Å²) in [6.07, 6.45) is 0. The third-order valence-electron chi connectivity index (χ3n) is 6.91. The third kappa shape index (κ3) is 6.84. The number of nitrogens with zero attached hydrogens (tertiary/aromatic N) is 3. The van der Waals surface area contributed by atoms with Crippen LogP contribution in [0.4, 0.5) is 11.4 Å². The molecule has 6 rings (SSSR count). The number of methoxy groups -OCH3 is 1. The lowest BCUT2D eigenvalue weighted by atomic mass is 10.1. The molecule has 13 heteroatoms. The molecular weight excluding hydrogens is 615 g/mol. The second-order valence-electron chi connectivity index (χ2n) is 10.00. The standard InChI is InChI=1S/C32H27N5O6S2/c1-42-25-13-11-24(12-14-25)36-45(40,41)26-9-5-8-23(16-26)31-34-35-32(37(31)18-21-6-3-2-4-7-21)44-20-28(38)22-10-15-29-27(17-22)33-30(39)19-43-29/h2-17,36H,18-20H2,1H3,(H,33,39). The van der Waals surface area contributed by atoms with E-state index in [1.54, 1.807) is 60.7 Å². The number of rotatable bonds is 11. The van der Waals surface area contributed by atoms with E-state index in [4.69, 9.17) is 9.47 Å². The van der Waals surface area contributed by atoms with Gasteiger partial charge in [-0.05, 0) is 60.2 Å². The lowest BCUT2D eigenvalue weighted by Crippen LogP contribution is -2.25. The zero-order chi connectivity index (χ0) is 31.4. The molecule has 1 amide bonds. The fourth-order valence-corrected chi connectivity index (χ4v) is 6.60. The average Bonchev–Trinajstić information content (AvgIpc) is 3.46. The molecule has 1 aliphatic heterocycles. The summed E-state index contributed by atoms with van der Waals surface area (Å²) in [6, 6.07) is 27.7. The van der Waals surface area contributed by atoms with Crippen molar-refractivity contribution >= 4 is 44.9 Å². The summed E-state index contributed by atoms with van der Waals surface area (Å²) in [5, 5.41) is 12.0. The van der Waals surface area contributed by atoms with Crippen molar-refractivity contribution in [1.29, 1.82) is 0 Å². The van der Waals surface area contributed by atoms with Gasteiger partial charge >= 0.3 is 0 Å². The number of hydrogen-bond acceptors (Lipinski definition) is 9. The minimum absolute atomic E-state index is 0.0536. The van der Waals surface area contributed by atoms with Crippen molar-refractivity contribution in [2.24, 2.45) is 0 Å². The maximum Gasteiger partial charge on any atom is 0.262 e. The predicted molar refractivity (Wildman–Crippen MR) is 170 cm³/mol. The molecule has 0 saturated heterocycles. The van der Waals surface area contributed by atoms with Gasteiger partial charge in [-0.1, -0.05) is 54.2 Å². The van der Waals surface area contributed by atoms with E-state index in [2.05, 4.69) is 20.2 Å². The van der Waals surface area contributed by atoms with Crippen LogP contribution in [0.3, 0.4) is 0 Å². The number of ether oxygens (including phenoxy) is 2. The van der Waals surface area contributed by atoms with E-state index in [-0.39, 0.29) is 28.9 Å². The van der Waals surface area contributed by atoms with Gasteiger partial charge in [-0.15, -0.1) is 10.2 Å². The molecule has 228 valence electrons. The smallest absolute Gasteiger partial charge is 0.262 e. The minimum atomic E-state index is -3.92. The fourth-order valence-electron chi connectivity index (χ4n) is 4.66. The summed E-state index contributed by atoms with van der Waals surface area (Å²) in [5.41, 5.74) is 2.78. The van der Waals surface area contributed by atoms with Crippen LogP contribution in [0.1, 0.15) is 15.9 Å². The molecule has 1 aromatic heterocycles. The number of amides is 1. The van der Waals surface area contributed by atoms with Crippen LogP contribution in [0.2, 0.25) is 0 Å². The summed E-state index contributed by atoms with van der Waals surface area (Å²) < 4.78 is 41.6. The first-order valence-electron chi connectivity index (χ1n) is 13.8. The molecule has 0 aliphatic carbocycles. The van der Waals surface area contributed by atoms with Gasteiger partial charge in [0.05, 0.1) is 30.0 Å². The van der Waals surface area contributed by atoms with Crippen molar-refractivity contribution < 1.29 is 27.5 Å². The van der Waals surface area contributed by atoms with Gasteiger partial charge in [-0.25, -0.2) is 8.42 Å². The Labute approximate surface area is 263 Å². The summed E-state index contributed by atoms with van der Waals surface area (Å²) >= 11 is 1.22. The Bertz CT molecular complexity index is 1980. The summed E-state index contributed by atoms with van der Waals surface area (Å²) in [5.74, 6) is 1.17. The minimum Gasteiger partial charge on any atom is -0.497 e. The highest BCUT2D eigenvalue weighted by molar-refractivity contribution is 7.99. The van der Waals surface area contributed by atoms with Crippen molar-refractivity contribution in [3.05, 3.63) is 108 Å². The van der Waals surface area contributed by atoms with Crippen LogP contribution < -0.4 is 19.5 Å². The summed E-state index contributed by atoms with van der Waals surface area (Å²) in [7, 11) is -2.39. The number of benzene rings is 4. The number of ketones is 1. The van der Waals surface area contributed by atoms with Crippen LogP contribution in [-0.2, 0) is 21.4 Å². The highest BCUT2D eigenvalue weighted by atomic mass is 32.2. The molecule has 0 saturated carbocycles. The molecule has 0 bridgehead atoms. The van der Waals surface area contributed by atoms with E-state index in [1.165, 1.54) is 24.9 Å². The van der Waals surface area contributed by atoms with Gasteiger partial charge < -0.3 is 14.8 Å². The van der Waals surface area contributed by atoms with Crippen LogP contribution in [0.25, 0.3) is 11.4 Å². The Kier molecular flexibility index (Phi) is 8.54. The molecule has 0 radical (unpaired) electrons. The number of Topliss-reactive ketones (excluding diaryl/α,β-unsaturated/α-hetero) is 1. The number of nitrogens with one attached hydrogen (secondary N) is 2. The molecule has 0 unspecified atom stereocenters. The molecule has 0 spiro atoms. The van der Waals surface area contributed by atoms with E-state index in [1.807, 2.05) is 34.9 Å². The van der Waals surface area contributed by atoms with Crippen LogP contribution in [0, 0.1) is 0 Å². The zero-order valence-corrected chi connectivity index (χ0v) is 25.6. The largest absolute Gasteiger partial charge is 0.497 e. The highest BCUT2D eigenvalue weighted by Crippen LogP contribution is 2.31. The number of carbonyl (C=O) groups is 2. The first kappa shape index (κ1) is 29.9. The van der Waals surface area contributed by atoms with Crippen LogP contribution in [0.5, 0.6) is 11.5 Å². The molecule has 4 aromatic carbocycles. The van der Waals surface area contributed by atoms with Crippen LogP contribution in [0.15, 0.2) is 107 Å². The van der Waals surface area contributed by atoms with Crippen molar-refractivity contribution in [3.63, 3.8) is 0 Å². The topological polar surface area (TPSA) is 142 Å². The van der Waals surface area contributed by atoms with Gasteiger partial charge in [0.25, 0.3) is 15.9 Å². The molecular formula is C32H27N5O6S2. The Hall–Kier alpha value is -5.14. The fraction of sp³-hybridized carbons (Fsp3) is 0.125. The average molecular weight is 642 g/mol. The SMILES string of the molecule is COc1ccc(NS(=O)(=O)c2cccc(-c3nnc(SCC(=O)c4ccc5c(c4)NC(=O)CO5)n3Cc3ccccc3)c2)cc1. The van der Waals surface area contributed by atoms with Crippen molar-refractivity contribution in [2.45, 2.75) is 16.6 Å². The molecule has 2 N–H and O–H groups in total. The van der Waals surface area contributed by atoms with E-state index in [0.29, 0.717) is 51.5 Å². The van der Waals surface area contributed by atoms with Gasteiger partial charge in [-0.2, -0.15) is 0 Å². The molecule has 5 aromatic rings. The summed E-state index contributed by atoms with van der Waals surface area (Å²) in [6.45, 7) is 0.326. The van der Waals surface area contributed by atoms with E-state index >= 15 is 0 Å². The monoisotopic (exact) mass is 641 g/mol. The van der Waals surface area contributed by atoms with Gasteiger partial charge in [0.2, 0.25) is 0 Å². The van der Waals surface area contributed by atoms with Crippen LogP contribution >= 0.6 is 11.8 Å². The van der Waals surface area contributed by atoms with E-state index < -0.39 is 10.0 Å². The van der Waals surface area contributed by atoms with Gasteiger partial charge in [0.15, 0.2) is 23.4 Å². The molecule has 1 aliphatic rings. The number of anilines is 2. The first-order chi connectivity index (χ1) is 21.8. The Morgan fingerprint density at radius 2 is 1.80 bits per heavy atom. The normalized spacial score (nSPS) is 12.5. The molecule has 11 nitrogen and oxygen atoms in total. The number of sulfonamides is 1. The van der Waals surface area contributed by atoms with E-state index in [9.17, 15) is 18.0 Å². The van der Waals surface area contributed by atoms with Crippen molar-refractivity contribution in [2.75, 3.05) is 29.5 Å². The molecule has 45 heavy (non-hydrogen) atoms. The quantitative estimate of drug-likeness (QED) is 0.149. The maximum atomic E-state index is 13.3. The summed E-state index contributed by atoms with van der Waals surface area (Å²) in [4.78, 5) is 24.9. The number of aromatic nitrogens is 3. The first-order valence-corrected chi connectivity index (χ1v) is 16.2. The maximum absolute atomic E-state index is 13.3. The number of thioether (sulfide) groups is 1. The molecule has 2 heterocycles. The van der Waals surface area contributed by atoms with Crippen molar-refractivity contribution in [3.8, 4) is 22.9 Å². The van der Waals surface area contributed by atoms with Crippen molar-refractivity contribution in [1.82, 2.24) is 14.8 Å². The lowest BCUT2D eigenvalue weighted by Gasteiger charge is -2.18.